The molecule has 0 aliphatic carbocycles. The van der Waals surface area contributed by atoms with Crippen LogP contribution in [0.4, 0.5) is 5.69 Å². The third-order valence-electron chi connectivity index (χ3n) is 2.66. The van der Waals surface area contributed by atoms with Crippen LogP contribution in [0.2, 0.25) is 0 Å². The average molecular weight is 270 g/mol. The van der Waals surface area contributed by atoms with Crippen molar-refractivity contribution in [3.63, 3.8) is 0 Å². The van der Waals surface area contributed by atoms with Gasteiger partial charge in [0.1, 0.15) is 5.75 Å². The number of benzene rings is 2. The lowest BCUT2D eigenvalue weighted by molar-refractivity contribution is 0.413. The first-order valence-corrected chi connectivity index (χ1v) is 6.62. The molecule has 0 amide bonds. The summed E-state index contributed by atoms with van der Waals surface area (Å²) in [4.78, 5) is 2.15. The van der Waals surface area contributed by atoms with E-state index in [0.717, 1.165) is 21.1 Å². The van der Waals surface area contributed by atoms with E-state index in [1.54, 1.807) is 18.9 Å². The highest BCUT2D eigenvalue weighted by atomic mass is 32.2. The summed E-state index contributed by atoms with van der Waals surface area (Å²) in [6.07, 6.45) is 0.332. The minimum Gasteiger partial charge on any atom is -0.497 e. The number of hydrogen-bond donors (Lipinski definition) is 1. The molecule has 0 spiro atoms. The quantitative estimate of drug-likeness (QED) is 0.864. The lowest BCUT2D eigenvalue weighted by Gasteiger charge is -2.07. The first kappa shape index (κ1) is 13.3. The molecule has 0 aliphatic heterocycles. The van der Waals surface area contributed by atoms with E-state index in [0.29, 0.717) is 12.1 Å². The molecule has 0 fully saturated rings. The third-order valence-corrected chi connectivity index (χ3v) is 3.64. The summed E-state index contributed by atoms with van der Waals surface area (Å²) in [5.41, 5.74) is 7.37. The second-order valence-electron chi connectivity index (χ2n) is 3.98. The Labute approximate surface area is 117 Å². The van der Waals surface area contributed by atoms with Gasteiger partial charge >= 0.3 is 0 Å². The maximum absolute atomic E-state index is 8.76. The summed E-state index contributed by atoms with van der Waals surface area (Å²) in [7, 11) is 1.65. The van der Waals surface area contributed by atoms with Crippen LogP contribution in [-0.2, 0) is 6.42 Å². The van der Waals surface area contributed by atoms with Crippen LogP contribution < -0.4 is 10.5 Å². The standard InChI is InChI=1S/C15H14N2OS/c1-18-12-3-2-4-13(10-12)19-14-5-6-15(17)11(9-14)7-8-16/h2-6,9-10H,7,17H2,1H3. The molecule has 0 aromatic heterocycles. The van der Waals surface area contributed by atoms with Crippen molar-refractivity contribution in [2.75, 3.05) is 12.8 Å². The maximum Gasteiger partial charge on any atom is 0.119 e. The van der Waals surface area contributed by atoms with Crippen LogP contribution in [0, 0.1) is 11.3 Å². The van der Waals surface area contributed by atoms with Crippen LogP contribution in [-0.4, -0.2) is 7.11 Å². The van der Waals surface area contributed by atoms with Crippen molar-refractivity contribution in [3.05, 3.63) is 48.0 Å². The molecule has 0 aliphatic rings. The van der Waals surface area contributed by atoms with Gasteiger partial charge in [-0.25, -0.2) is 0 Å². The number of nitrogens with zero attached hydrogens (tertiary/aromatic N) is 1. The Kier molecular flexibility index (Phi) is 4.32. The summed E-state index contributed by atoms with van der Waals surface area (Å²) < 4.78 is 5.20. The van der Waals surface area contributed by atoms with Crippen molar-refractivity contribution < 1.29 is 4.74 Å². The molecule has 2 aromatic carbocycles. The number of rotatable bonds is 4. The molecule has 2 rings (SSSR count). The number of methoxy groups -OCH3 is 1. The molecule has 0 unspecified atom stereocenters. The van der Waals surface area contributed by atoms with Gasteiger partial charge < -0.3 is 10.5 Å². The topological polar surface area (TPSA) is 59.0 Å². The van der Waals surface area contributed by atoms with Crippen molar-refractivity contribution in [2.45, 2.75) is 16.2 Å². The van der Waals surface area contributed by atoms with Crippen LogP contribution in [0.1, 0.15) is 5.56 Å². The molecule has 4 heteroatoms. The van der Waals surface area contributed by atoms with E-state index in [2.05, 4.69) is 6.07 Å². The molecule has 0 bridgehead atoms. The van der Waals surface area contributed by atoms with Gasteiger partial charge in [0.15, 0.2) is 0 Å². The monoisotopic (exact) mass is 270 g/mol. The molecule has 0 radical (unpaired) electrons. The van der Waals surface area contributed by atoms with E-state index in [-0.39, 0.29) is 0 Å². The van der Waals surface area contributed by atoms with Crippen molar-refractivity contribution in [2.24, 2.45) is 0 Å². The van der Waals surface area contributed by atoms with E-state index >= 15 is 0 Å². The van der Waals surface area contributed by atoms with E-state index < -0.39 is 0 Å². The summed E-state index contributed by atoms with van der Waals surface area (Å²) in [6, 6.07) is 15.7. The Morgan fingerprint density at radius 3 is 2.74 bits per heavy atom. The zero-order chi connectivity index (χ0) is 13.7. The summed E-state index contributed by atoms with van der Waals surface area (Å²) in [5.74, 6) is 0.831. The van der Waals surface area contributed by atoms with Crippen LogP contribution in [0.15, 0.2) is 52.3 Å². The first-order valence-electron chi connectivity index (χ1n) is 5.80. The fourth-order valence-electron chi connectivity index (χ4n) is 1.68. The molecular weight excluding hydrogens is 256 g/mol. The highest BCUT2D eigenvalue weighted by Crippen LogP contribution is 2.31. The number of ether oxygens (including phenoxy) is 1. The van der Waals surface area contributed by atoms with Crippen LogP contribution in [0.25, 0.3) is 0 Å². The van der Waals surface area contributed by atoms with Gasteiger partial charge in [0.25, 0.3) is 0 Å². The van der Waals surface area contributed by atoms with Gasteiger partial charge in [0.05, 0.1) is 19.6 Å². The Morgan fingerprint density at radius 2 is 2.00 bits per heavy atom. The molecule has 0 atom stereocenters. The van der Waals surface area contributed by atoms with Crippen molar-refractivity contribution >= 4 is 17.4 Å². The second kappa shape index (κ2) is 6.17. The van der Waals surface area contributed by atoms with Gasteiger partial charge in [-0.3, -0.25) is 0 Å². The van der Waals surface area contributed by atoms with Gasteiger partial charge in [-0.1, -0.05) is 17.8 Å². The smallest absolute Gasteiger partial charge is 0.119 e. The predicted octanol–water partition coefficient (Wildman–Crippen LogP) is 3.49. The number of nitriles is 1. The van der Waals surface area contributed by atoms with Gasteiger partial charge in [-0.15, -0.1) is 0 Å². The second-order valence-corrected chi connectivity index (χ2v) is 5.12. The minimum atomic E-state index is 0.332. The molecule has 2 aromatic rings. The Balaban J connectivity index is 2.23. The molecular formula is C15H14N2OS. The van der Waals surface area contributed by atoms with Crippen LogP contribution in [0.5, 0.6) is 5.75 Å². The van der Waals surface area contributed by atoms with Gasteiger partial charge in [-0.2, -0.15) is 5.26 Å². The normalized spacial score (nSPS) is 9.89. The molecule has 19 heavy (non-hydrogen) atoms. The van der Waals surface area contributed by atoms with Crippen LogP contribution in [0.3, 0.4) is 0 Å². The van der Waals surface area contributed by atoms with Crippen molar-refractivity contribution in [1.29, 1.82) is 5.26 Å². The molecule has 3 nitrogen and oxygen atoms in total. The lowest BCUT2D eigenvalue weighted by atomic mass is 10.1. The Hall–Kier alpha value is -2.12. The first-order chi connectivity index (χ1) is 9.22. The minimum absolute atomic E-state index is 0.332. The fraction of sp³-hybridized carbons (Fsp3) is 0.133. The Morgan fingerprint density at radius 1 is 1.21 bits per heavy atom. The number of anilines is 1. The van der Waals surface area contributed by atoms with Crippen molar-refractivity contribution in [3.8, 4) is 11.8 Å². The molecule has 2 N–H and O–H groups in total. The molecule has 0 heterocycles. The maximum atomic E-state index is 8.76. The largest absolute Gasteiger partial charge is 0.497 e. The summed E-state index contributed by atoms with van der Waals surface area (Å²) in [5, 5.41) is 8.76. The number of nitrogen functional groups attached to an aromatic ring is 1. The number of nitrogens with two attached hydrogens (primary N) is 1. The lowest BCUT2D eigenvalue weighted by Crippen LogP contribution is -1.93. The van der Waals surface area contributed by atoms with E-state index in [1.165, 1.54) is 0 Å². The summed E-state index contributed by atoms with van der Waals surface area (Å²) >= 11 is 1.62. The summed E-state index contributed by atoms with van der Waals surface area (Å²) in [6.45, 7) is 0. The van der Waals surface area contributed by atoms with Crippen LogP contribution >= 0.6 is 11.8 Å². The zero-order valence-corrected chi connectivity index (χ0v) is 11.4. The zero-order valence-electron chi connectivity index (χ0n) is 10.6. The van der Waals surface area contributed by atoms with E-state index in [9.17, 15) is 0 Å². The van der Waals surface area contributed by atoms with E-state index in [4.69, 9.17) is 15.7 Å². The highest BCUT2D eigenvalue weighted by molar-refractivity contribution is 7.99. The molecule has 96 valence electrons. The van der Waals surface area contributed by atoms with E-state index in [1.807, 2.05) is 42.5 Å². The van der Waals surface area contributed by atoms with Gasteiger partial charge in [0.2, 0.25) is 0 Å². The fourth-order valence-corrected chi connectivity index (χ4v) is 2.62. The SMILES string of the molecule is COc1cccc(Sc2ccc(N)c(CC#N)c2)c1. The predicted molar refractivity (Wildman–Crippen MR) is 77.3 cm³/mol. The highest BCUT2D eigenvalue weighted by Gasteiger charge is 2.03. The van der Waals surface area contributed by atoms with Crippen molar-refractivity contribution in [1.82, 2.24) is 0 Å². The average Bonchev–Trinajstić information content (AvgIpc) is 2.43. The van der Waals surface area contributed by atoms with Gasteiger partial charge in [0, 0.05) is 15.5 Å². The Bertz CT molecular complexity index is 620. The van der Waals surface area contributed by atoms with Gasteiger partial charge in [-0.05, 0) is 42.0 Å². The molecule has 0 saturated heterocycles. The number of hydrogen-bond acceptors (Lipinski definition) is 4. The molecule has 0 saturated carbocycles. The third kappa shape index (κ3) is 3.43.